The first-order valence-corrected chi connectivity index (χ1v) is 15.0. The van der Waals surface area contributed by atoms with E-state index in [-0.39, 0.29) is 19.6 Å². The Morgan fingerprint density at radius 1 is 1.23 bits per heavy atom. The van der Waals surface area contributed by atoms with Crippen LogP contribution in [0.1, 0.15) is 26.2 Å². The topological polar surface area (TPSA) is 272 Å². The highest BCUT2D eigenvalue weighted by Crippen LogP contribution is 2.36. The molecule has 4 aliphatic rings. The first-order valence-electron chi connectivity index (χ1n) is 15.0. The van der Waals surface area contributed by atoms with Gasteiger partial charge in [-0.1, -0.05) is 0 Å². The molecule has 12 atom stereocenters. The SMILES string of the molecule is CN[C@@H]1[C@@H](O)[C@@H](O[C@H]2[C@H](NC(=O)[C@@H](O)CN)C[C@H](N)C([C@H]3OC(CNCCC4(O)CNC4)=CC[C@H]3N)[C@@H]2O)OC[C@]1(C)O. The number of hydrogen-bond donors (Lipinski definition) is 12. The summed E-state index contributed by atoms with van der Waals surface area (Å²) in [4.78, 5) is 12.6. The van der Waals surface area contributed by atoms with Gasteiger partial charge in [0, 0.05) is 37.6 Å². The van der Waals surface area contributed by atoms with E-state index in [0.717, 1.165) is 0 Å². The fraction of sp³-hybridized carbons (Fsp3) is 0.889. The monoisotopic (exact) mass is 617 g/mol. The van der Waals surface area contributed by atoms with E-state index in [9.17, 15) is 30.3 Å². The quantitative estimate of drug-likeness (QED) is 0.0910. The minimum Gasteiger partial charge on any atom is -0.492 e. The smallest absolute Gasteiger partial charge is 0.250 e. The Bertz CT molecular complexity index is 971. The van der Waals surface area contributed by atoms with Crippen molar-refractivity contribution in [3.63, 3.8) is 0 Å². The molecular formula is C27H51N7O9. The van der Waals surface area contributed by atoms with Crippen LogP contribution < -0.4 is 38.5 Å². The third-order valence-corrected chi connectivity index (χ3v) is 9.12. The zero-order valence-electron chi connectivity index (χ0n) is 24.9. The molecule has 1 amide bonds. The number of amides is 1. The summed E-state index contributed by atoms with van der Waals surface area (Å²) >= 11 is 0. The number of aliphatic hydroxyl groups excluding tert-OH is 3. The lowest BCUT2D eigenvalue weighted by atomic mass is 9.72. The maximum atomic E-state index is 12.6. The molecule has 0 aromatic rings. The van der Waals surface area contributed by atoms with Crippen LogP contribution in [0, 0.1) is 5.92 Å². The van der Waals surface area contributed by atoms with Gasteiger partial charge in [-0.25, -0.2) is 0 Å². The lowest BCUT2D eigenvalue weighted by Gasteiger charge is -2.50. The van der Waals surface area contributed by atoms with Gasteiger partial charge in [-0.2, -0.15) is 0 Å². The molecule has 1 unspecified atom stereocenters. The number of rotatable bonds is 12. The van der Waals surface area contributed by atoms with Gasteiger partial charge in [-0.3, -0.25) is 4.79 Å². The van der Waals surface area contributed by atoms with Crippen LogP contribution in [0.2, 0.25) is 0 Å². The summed E-state index contributed by atoms with van der Waals surface area (Å²) in [5.41, 5.74) is 16.4. The number of ether oxygens (including phenoxy) is 3. The highest BCUT2D eigenvalue weighted by Gasteiger charge is 2.53. The first-order chi connectivity index (χ1) is 20.3. The van der Waals surface area contributed by atoms with Crippen LogP contribution in [0.25, 0.3) is 0 Å². The van der Waals surface area contributed by atoms with Gasteiger partial charge in [0.05, 0.1) is 36.9 Å². The normalized spacial score (nSPS) is 41.9. The fourth-order valence-corrected chi connectivity index (χ4v) is 6.47. The van der Waals surface area contributed by atoms with E-state index in [1.54, 1.807) is 7.05 Å². The Morgan fingerprint density at radius 3 is 2.58 bits per heavy atom. The molecule has 4 rings (SSSR count). The molecular weight excluding hydrogens is 566 g/mol. The van der Waals surface area contributed by atoms with Gasteiger partial charge < -0.3 is 78.2 Å². The summed E-state index contributed by atoms with van der Waals surface area (Å²) < 4.78 is 18.1. The average Bonchev–Trinajstić information content (AvgIpc) is 2.94. The van der Waals surface area contributed by atoms with Crippen molar-refractivity contribution in [3.05, 3.63) is 11.8 Å². The molecule has 3 heterocycles. The lowest BCUT2D eigenvalue weighted by Crippen LogP contribution is -2.69. The van der Waals surface area contributed by atoms with E-state index in [1.807, 2.05) is 6.08 Å². The van der Waals surface area contributed by atoms with Gasteiger partial charge in [0.15, 0.2) is 6.29 Å². The second-order valence-corrected chi connectivity index (χ2v) is 12.6. The van der Waals surface area contributed by atoms with Crippen molar-refractivity contribution in [1.29, 1.82) is 0 Å². The van der Waals surface area contributed by atoms with Crippen molar-refractivity contribution in [2.24, 2.45) is 23.1 Å². The van der Waals surface area contributed by atoms with Crippen molar-refractivity contribution in [1.82, 2.24) is 21.3 Å². The number of carbonyl (C=O) groups is 1. The molecule has 1 aliphatic carbocycles. The maximum absolute atomic E-state index is 12.6. The lowest BCUT2D eigenvalue weighted by molar-refractivity contribution is -0.297. The number of hydrogen-bond acceptors (Lipinski definition) is 15. The first kappa shape index (κ1) is 34.4. The second-order valence-electron chi connectivity index (χ2n) is 12.6. The summed E-state index contributed by atoms with van der Waals surface area (Å²) in [7, 11) is 1.58. The molecule has 1 saturated carbocycles. The summed E-state index contributed by atoms with van der Waals surface area (Å²) in [5.74, 6) is -0.861. The molecule has 0 aromatic heterocycles. The molecule has 2 saturated heterocycles. The standard InChI is InChI=1S/C27H51N7O9/c1-26(39)12-41-25(20(37)23(26)31-2)43-22-16(34-24(38)17(35)8-28)7-15(30)18(19(22)36)21-14(29)4-3-13(42-21)9-32-6-5-27(40)10-33-11-27/h3,14-23,25,31-33,35-37,39-40H,4-12,28-30H2,1-2H3,(H,34,38)/t14-,15+,16-,17+,18?,19+,20-,21+,22+,23-,25-,26+/m1/s1. The van der Waals surface area contributed by atoms with E-state index in [2.05, 4.69) is 21.3 Å². The van der Waals surface area contributed by atoms with Gasteiger partial charge in [0.2, 0.25) is 5.91 Å². The van der Waals surface area contributed by atoms with E-state index >= 15 is 0 Å². The molecule has 248 valence electrons. The fourth-order valence-electron chi connectivity index (χ4n) is 6.47. The summed E-state index contributed by atoms with van der Waals surface area (Å²) in [6.45, 7) is 3.15. The van der Waals surface area contributed by atoms with E-state index in [0.29, 0.717) is 44.8 Å². The van der Waals surface area contributed by atoms with Gasteiger partial charge >= 0.3 is 0 Å². The highest BCUT2D eigenvalue weighted by molar-refractivity contribution is 5.81. The predicted molar refractivity (Wildman–Crippen MR) is 154 cm³/mol. The van der Waals surface area contributed by atoms with Crippen molar-refractivity contribution in [3.8, 4) is 0 Å². The number of nitrogens with two attached hydrogens (primary N) is 3. The Balaban J connectivity index is 1.48. The van der Waals surface area contributed by atoms with Crippen molar-refractivity contribution in [2.45, 2.75) is 98.4 Å². The number of carbonyl (C=O) groups excluding carboxylic acids is 1. The number of β-amino-alcohol motifs (C(OH)–C–C–N with tert-alkyl or cyclic N) is 1. The Kier molecular flexibility index (Phi) is 11.4. The molecule has 0 radical (unpaired) electrons. The van der Waals surface area contributed by atoms with Crippen molar-refractivity contribution in [2.75, 3.05) is 46.4 Å². The number of aliphatic hydroxyl groups is 5. The Hall–Kier alpha value is -1.51. The molecule has 0 bridgehead atoms. The van der Waals surface area contributed by atoms with Crippen LogP contribution in [0.3, 0.4) is 0 Å². The van der Waals surface area contributed by atoms with E-state index in [1.165, 1.54) is 6.92 Å². The molecule has 15 N–H and O–H groups in total. The Morgan fingerprint density at radius 2 is 1.95 bits per heavy atom. The van der Waals surface area contributed by atoms with Crippen molar-refractivity contribution < 1.29 is 44.5 Å². The van der Waals surface area contributed by atoms with Crippen LogP contribution in [-0.2, 0) is 19.0 Å². The van der Waals surface area contributed by atoms with Crippen LogP contribution in [0.15, 0.2) is 11.8 Å². The van der Waals surface area contributed by atoms with E-state index < -0.39 is 84.0 Å². The minimum absolute atomic E-state index is 0.127. The van der Waals surface area contributed by atoms with E-state index in [4.69, 9.17) is 31.4 Å². The van der Waals surface area contributed by atoms with Gasteiger partial charge in [0.25, 0.3) is 0 Å². The van der Waals surface area contributed by atoms with Gasteiger partial charge in [-0.15, -0.1) is 0 Å². The molecule has 0 aromatic carbocycles. The summed E-state index contributed by atoms with van der Waals surface area (Å²) in [5, 5.41) is 65.6. The van der Waals surface area contributed by atoms with Crippen LogP contribution in [0.5, 0.6) is 0 Å². The van der Waals surface area contributed by atoms with Crippen molar-refractivity contribution >= 4 is 5.91 Å². The molecule has 0 spiro atoms. The largest absolute Gasteiger partial charge is 0.492 e. The van der Waals surface area contributed by atoms with Crippen LogP contribution in [-0.4, -0.2) is 150 Å². The molecule has 16 nitrogen and oxygen atoms in total. The third-order valence-electron chi connectivity index (χ3n) is 9.12. The second kappa shape index (κ2) is 14.3. The third kappa shape index (κ3) is 7.84. The maximum Gasteiger partial charge on any atom is 0.250 e. The molecule has 16 heteroatoms. The molecule has 43 heavy (non-hydrogen) atoms. The zero-order valence-corrected chi connectivity index (χ0v) is 24.9. The van der Waals surface area contributed by atoms with Gasteiger partial charge in [-0.05, 0) is 45.9 Å². The number of nitrogens with one attached hydrogen (secondary N) is 4. The minimum atomic E-state index is -1.48. The highest BCUT2D eigenvalue weighted by atomic mass is 16.7. The zero-order chi connectivity index (χ0) is 31.5. The summed E-state index contributed by atoms with van der Waals surface area (Å²) in [6, 6.07) is -2.89. The number of likely N-dealkylation sites (N-methyl/N-ethyl adjacent to an activating group) is 1. The molecule has 3 aliphatic heterocycles. The van der Waals surface area contributed by atoms with Crippen LogP contribution >= 0.6 is 0 Å². The molecule has 3 fully saturated rings. The van der Waals surface area contributed by atoms with Gasteiger partial charge in [0.1, 0.15) is 35.8 Å². The average molecular weight is 618 g/mol. The van der Waals surface area contributed by atoms with Crippen LogP contribution in [0.4, 0.5) is 0 Å². The Labute approximate surface area is 251 Å². The predicted octanol–water partition coefficient (Wildman–Crippen LogP) is -5.75. The summed E-state index contributed by atoms with van der Waals surface area (Å²) in [6.07, 6.45) is -4.20.